The molecule has 0 amide bonds. The molecule has 0 saturated heterocycles. The molecule has 2 unspecified atom stereocenters. The maximum absolute atomic E-state index is 10.7. The van der Waals surface area contributed by atoms with Crippen molar-refractivity contribution in [3.8, 4) is 34.8 Å². The van der Waals surface area contributed by atoms with E-state index in [4.69, 9.17) is 4.74 Å². The van der Waals surface area contributed by atoms with Gasteiger partial charge in [-0.2, -0.15) is 10.5 Å². The highest BCUT2D eigenvalue weighted by molar-refractivity contribution is 7.99. The Balaban J connectivity index is 1.39. The number of hydrogen-bond acceptors (Lipinski definition) is 4. The summed E-state index contributed by atoms with van der Waals surface area (Å²) in [5.41, 5.74) is 10.0. The van der Waals surface area contributed by atoms with Gasteiger partial charge in [0, 0.05) is 23.0 Å². The Morgan fingerprint density at radius 3 is 2.08 bits per heavy atom. The zero-order chi connectivity index (χ0) is 25.4. The van der Waals surface area contributed by atoms with Crippen molar-refractivity contribution in [2.24, 2.45) is 0 Å². The number of benzene rings is 5. The third-order valence-corrected chi connectivity index (χ3v) is 9.12. The minimum atomic E-state index is -0.0975. The standard InChI is InChI=1S/C34H18N2OS/c35-17-19-7-5-11-24-30(19)31-21-8-1-2-9-22(21)32(24)33-25(31)16-15-20(26(33)18-36)23-10-6-14-29-34(23)37-27-12-3-4-13-28(27)38-29/h1-16,31-32H. The molecule has 0 spiro atoms. The van der Waals surface area contributed by atoms with Crippen LogP contribution in [-0.2, 0) is 0 Å². The van der Waals surface area contributed by atoms with Crippen LogP contribution in [0.1, 0.15) is 56.3 Å². The van der Waals surface area contributed by atoms with Crippen molar-refractivity contribution in [2.45, 2.75) is 21.6 Å². The van der Waals surface area contributed by atoms with E-state index in [0.29, 0.717) is 11.1 Å². The Morgan fingerprint density at radius 2 is 1.26 bits per heavy atom. The number of para-hydroxylation sites is 2. The first-order valence-electron chi connectivity index (χ1n) is 12.5. The zero-order valence-electron chi connectivity index (χ0n) is 20.1. The molecular weight excluding hydrogens is 484 g/mol. The summed E-state index contributed by atoms with van der Waals surface area (Å²) >= 11 is 1.69. The van der Waals surface area contributed by atoms with Gasteiger partial charge in [0.25, 0.3) is 0 Å². The van der Waals surface area contributed by atoms with Crippen LogP contribution in [0.3, 0.4) is 0 Å². The number of nitriles is 2. The molecule has 4 aliphatic rings. The summed E-state index contributed by atoms with van der Waals surface area (Å²) in [7, 11) is 0. The first-order chi connectivity index (χ1) is 18.8. The summed E-state index contributed by atoms with van der Waals surface area (Å²) in [6.45, 7) is 0. The van der Waals surface area contributed by atoms with Crippen LogP contribution in [0, 0.1) is 22.7 Å². The molecule has 2 atom stereocenters. The van der Waals surface area contributed by atoms with E-state index in [1.165, 1.54) is 11.1 Å². The summed E-state index contributed by atoms with van der Waals surface area (Å²) in [4.78, 5) is 2.13. The minimum absolute atomic E-state index is 0.0680. The van der Waals surface area contributed by atoms with Gasteiger partial charge in [-0.3, -0.25) is 0 Å². The Labute approximate surface area is 224 Å². The van der Waals surface area contributed by atoms with Crippen LogP contribution in [0.15, 0.2) is 107 Å². The number of ether oxygens (including phenoxy) is 1. The van der Waals surface area contributed by atoms with Crippen LogP contribution in [-0.4, -0.2) is 0 Å². The monoisotopic (exact) mass is 502 g/mol. The van der Waals surface area contributed by atoms with E-state index in [-0.39, 0.29) is 11.8 Å². The highest BCUT2D eigenvalue weighted by Gasteiger charge is 2.44. The number of fused-ring (bicyclic) bond motifs is 2. The van der Waals surface area contributed by atoms with Crippen LogP contribution in [0.4, 0.5) is 0 Å². The predicted molar refractivity (Wildman–Crippen MR) is 147 cm³/mol. The summed E-state index contributed by atoms with van der Waals surface area (Å²) in [5, 5.41) is 20.6. The number of nitrogens with zero attached hydrogens (tertiary/aromatic N) is 2. The van der Waals surface area contributed by atoms with Crippen LogP contribution in [0.25, 0.3) is 11.1 Å². The molecule has 3 aliphatic carbocycles. The predicted octanol–water partition coefficient (Wildman–Crippen LogP) is 8.34. The lowest BCUT2D eigenvalue weighted by molar-refractivity contribution is 0.456. The highest BCUT2D eigenvalue weighted by atomic mass is 32.2. The van der Waals surface area contributed by atoms with Gasteiger partial charge >= 0.3 is 0 Å². The molecule has 1 heterocycles. The number of rotatable bonds is 1. The van der Waals surface area contributed by atoms with Gasteiger partial charge < -0.3 is 4.74 Å². The van der Waals surface area contributed by atoms with Crippen molar-refractivity contribution in [2.75, 3.05) is 0 Å². The lowest BCUT2D eigenvalue weighted by Gasteiger charge is -2.43. The lowest BCUT2D eigenvalue weighted by Crippen LogP contribution is -2.29. The summed E-state index contributed by atoms with van der Waals surface area (Å²) in [6.07, 6.45) is 0. The maximum Gasteiger partial charge on any atom is 0.149 e. The fraction of sp³-hybridized carbons (Fsp3) is 0.0588. The fourth-order valence-corrected chi connectivity index (χ4v) is 7.54. The van der Waals surface area contributed by atoms with Crippen molar-refractivity contribution >= 4 is 11.8 Å². The first kappa shape index (κ1) is 21.3. The molecule has 1 aliphatic heterocycles. The molecule has 2 bridgehead atoms. The quantitative estimate of drug-likeness (QED) is 0.226. The van der Waals surface area contributed by atoms with Gasteiger partial charge in [-0.05, 0) is 57.6 Å². The molecule has 0 saturated carbocycles. The van der Waals surface area contributed by atoms with E-state index in [0.717, 1.165) is 54.7 Å². The molecule has 0 N–H and O–H groups in total. The summed E-state index contributed by atoms with van der Waals surface area (Å²) in [6, 6.07) is 37.9. The van der Waals surface area contributed by atoms with Crippen LogP contribution in [0.2, 0.25) is 0 Å². The first-order valence-corrected chi connectivity index (χ1v) is 13.4. The molecule has 9 rings (SSSR count). The Kier molecular flexibility index (Phi) is 4.41. The van der Waals surface area contributed by atoms with Gasteiger partial charge in [0.05, 0.1) is 27.0 Å². The normalized spacial score (nSPS) is 17.0. The second-order valence-corrected chi connectivity index (χ2v) is 10.9. The second-order valence-electron chi connectivity index (χ2n) is 9.80. The van der Waals surface area contributed by atoms with E-state index in [2.05, 4.69) is 66.7 Å². The van der Waals surface area contributed by atoms with Gasteiger partial charge in [-0.1, -0.05) is 84.6 Å². The average Bonchev–Trinajstić information content (AvgIpc) is 2.98. The molecule has 5 aromatic rings. The molecule has 0 aromatic heterocycles. The van der Waals surface area contributed by atoms with Crippen LogP contribution >= 0.6 is 11.8 Å². The fourth-order valence-electron chi connectivity index (χ4n) is 6.55. The third kappa shape index (κ3) is 2.73. The van der Waals surface area contributed by atoms with Crippen LogP contribution in [0.5, 0.6) is 11.5 Å². The van der Waals surface area contributed by atoms with Crippen molar-refractivity contribution in [3.05, 3.63) is 142 Å². The van der Waals surface area contributed by atoms with Crippen molar-refractivity contribution in [3.63, 3.8) is 0 Å². The average molecular weight is 503 g/mol. The smallest absolute Gasteiger partial charge is 0.149 e. The topological polar surface area (TPSA) is 56.8 Å². The Hall–Kier alpha value is -4.77. The molecule has 4 heteroatoms. The Morgan fingerprint density at radius 1 is 0.579 bits per heavy atom. The van der Waals surface area contributed by atoms with Gasteiger partial charge in [0.15, 0.2) is 0 Å². The van der Waals surface area contributed by atoms with Gasteiger partial charge in [-0.25, -0.2) is 0 Å². The van der Waals surface area contributed by atoms with E-state index < -0.39 is 0 Å². The Bertz CT molecular complexity index is 1930. The van der Waals surface area contributed by atoms with Crippen molar-refractivity contribution in [1.82, 2.24) is 0 Å². The molecule has 5 aromatic carbocycles. The van der Waals surface area contributed by atoms with Crippen molar-refractivity contribution < 1.29 is 4.74 Å². The van der Waals surface area contributed by atoms with Gasteiger partial charge in [0.1, 0.15) is 17.6 Å². The molecular formula is C34H18N2OS. The lowest BCUT2D eigenvalue weighted by atomic mass is 9.59. The van der Waals surface area contributed by atoms with E-state index in [1.54, 1.807) is 11.8 Å². The van der Waals surface area contributed by atoms with Crippen molar-refractivity contribution in [1.29, 1.82) is 10.5 Å². The third-order valence-electron chi connectivity index (χ3n) is 8.02. The SMILES string of the molecule is N#Cc1cccc2c1C1c3ccccc3C2c2c1ccc(-c1cccc3c1Oc1ccccc1S3)c2C#N. The minimum Gasteiger partial charge on any atom is -0.454 e. The molecule has 176 valence electrons. The summed E-state index contributed by atoms with van der Waals surface area (Å²) < 4.78 is 6.44. The maximum atomic E-state index is 10.7. The number of hydrogen-bond donors (Lipinski definition) is 0. The summed E-state index contributed by atoms with van der Waals surface area (Å²) in [5.74, 6) is 1.46. The largest absolute Gasteiger partial charge is 0.454 e. The van der Waals surface area contributed by atoms with Gasteiger partial charge in [0.2, 0.25) is 0 Å². The molecule has 3 nitrogen and oxygen atoms in total. The molecule has 0 radical (unpaired) electrons. The van der Waals surface area contributed by atoms with E-state index in [9.17, 15) is 10.5 Å². The van der Waals surface area contributed by atoms with Crippen LogP contribution < -0.4 is 4.74 Å². The van der Waals surface area contributed by atoms with E-state index >= 15 is 0 Å². The molecule has 0 fully saturated rings. The zero-order valence-corrected chi connectivity index (χ0v) is 20.9. The highest BCUT2D eigenvalue weighted by Crippen LogP contribution is 2.59. The van der Waals surface area contributed by atoms with Gasteiger partial charge in [-0.15, -0.1) is 0 Å². The molecule has 38 heavy (non-hydrogen) atoms. The van der Waals surface area contributed by atoms with E-state index in [1.807, 2.05) is 42.5 Å². The second kappa shape index (κ2) is 7.86.